The van der Waals surface area contributed by atoms with Gasteiger partial charge in [0.15, 0.2) is 0 Å². The van der Waals surface area contributed by atoms with Crippen LogP contribution in [0.25, 0.3) is 0 Å². The maximum absolute atomic E-state index is 13.8. The fourth-order valence-corrected chi connectivity index (χ4v) is 3.06. The minimum Gasteiger partial charge on any atom is -0.325 e. The molecule has 12 heteroatoms. The van der Waals surface area contributed by atoms with Gasteiger partial charge in [0.25, 0.3) is 5.92 Å². The van der Waals surface area contributed by atoms with Crippen molar-refractivity contribution in [3.63, 3.8) is 0 Å². The van der Waals surface area contributed by atoms with E-state index in [0.717, 1.165) is 12.1 Å². The van der Waals surface area contributed by atoms with E-state index in [1.807, 2.05) is 4.72 Å². The predicted octanol–water partition coefficient (Wildman–Crippen LogP) is 0.460. The molecule has 0 aliphatic carbocycles. The number of alkyl halides is 2. The second-order valence-corrected chi connectivity index (χ2v) is 8.31. The van der Waals surface area contributed by atoms with Crippen LogP contribution in [0.5, 0.6) is 0 Å². The van der Waals surface area contributed by atoms with E-state index in [-0.39, 0.29) is 5.75 Å². The lowest BCUT2D eigenvalue weighted by Crippen LogP contribution is -2.41. The molecule has 1 rings (SSSR count). The molecule has 4 N–H and O–H groups in total. The van der Waals surface area contributed by atoms with Crippen molar-refractivity contribution in [3.8, 4) is 0 Å². The number of rotatable bonds is 8. The number of sulfonamides is 2. The van der Waals surface area contributed by atoms with Crippen LogP contribution in [0.2, 0.25) is 0 Å². The fourth-order valence-electron chi connectivity index (χ4n) is 1.34. The second kappa shape index (κ2) is 7.03. The van der Waals surface area contributed by atoms with E-state index in [1.54, 1.807) is 4.72 Å². The number of anilines is 1. The molecule has 1 aromatic carbocycles. The average Bonchev–Trinajstić information content (AvgIpc) is 2.47. The van der Waals surface area contributed by atoms with Crippen molar-refractivity contribution in [2.24, 2.45) is 5.73 Å². The van der Waals surface area contributed by atoms with Crippen LogP contribution in [-0.4, -0.2) is 41.6 Å². The lowest BCUT2D eigenvalue weighted by atomic mass is 10.3. The summed E-state index contributed by atoms with van der Waals surface area (Å²) in [7, 11) is -8.14. The summed E-state index contributed by atoms with van der Waals surface area (Å²) in [4.78, 5) is -0.623. The first kappa shape index (κ1) is 19.7. The Hall–Kier alpha value is -1.37. The number of nitrogens with two attached hydrogens (primary N) is 1. The Morgan fingerprint density at radius 1 is 1.22 bits per heavy atom. The molecular formula is C11H16F3N3O4S2. The molecule has 0 aliphatic rings. The SMILES string of the molecule is CCS(=O)(=O)Nc1ccc(S(=O)(=O)NCC(F)(F)CN)cc1F. The van der Waals surface area contributed by atoms with Crippen molar-refractivity contribution >= 4 is 25.7 Å². The van der Waals surface area contributed by atoms with Gasteiger partial charge >= 0.3 is 0 Å². The lowest BCUT2D eigenvalue weighted by Gasteiger charge is -2.15. The highest BCUT2D eigenvalue weighted by atomic mass is 32.2. The summed E-state index contributed by atoms with van der Waals surface area (Å²) >= 11 is 0. The second-order valence-electron chi connectivity index (χ2n) is 4.53. The Bertz CT molecular complexity index is 767. The summed E-state index contributed by atoms with van der Waals surface area (Å²) in [6, 6.07) is 2.30. The minimum absolute atomic E-state index is 0.303. The van der Waals surface area contributed by atoms with Gasteiger partial charge in [0.2, 0.25) is 20.0 Å². The van der Waals surface area contributed by atoms with Crippen molar-refractivity contribution in [1.29, 1.82) is 0 Å². The molecule has 0 saturated carbocycles. The zero-order chi connectivity index (χ0) is 17.9. The monoisotopic (exact) mass is 375 g/mol. The number of nitrogens with one attached hydrogen (secondary N) is 2. The molecule has 1 aromatic rings. The number of halogens is 3. The first-order chi connectivity index (χ1) is 10.4. The molecule has 7 nitrogen and oxygen atoms in total. The number of hydrogen-bond donors (Lipinski definition) is 3. The van der Waals surface area contributed by atoms with Crippen molar-refractivity contribution in [2.45, 2.75) is 17.7 Å². The predicted molar refractivity (Wildman–Crippen MR) is 78.7 cm³/mol. The summed E-state index contributed by atoms with van der Waals surface area (Å²) < 4.78 is 89.6. The van der Waals surface area contributed by atoms with Gasteiger partial charge in [-0.2, -0.15) is 0 Å². The standard InChI is InChI=1S/C11H16F3N3O4S2/c1-2-22(18,19)17-10-4-3-8(5-9(10)12)23(20,21)16-7-11(13,14)6-15/h3-5,16-17H,2,6-7,15H2,1H3. The highest BCUT2D eigenvalue weighted by Crippen LogP contribution is 2.20. The fraction of sp³-hybridized carbons (Fsp3) is 0.455. The van der Waals surface area contributed by atoms with Crippen LogP contribution < -0.4 is 15.2 Å². The summed E-state index contributed by atoms with van der Waals surface area (Å²) in [5.74, 6) is -4.90. The van der Waals surface area contributed by atoms with Crippen molar-refractivity contribution in [1.82, 2.24) is 4.72 Å². The molecule has 0 unspecified atom stereocenters. The van der Waals surface area contributed by atoms with Gasteiger partial charge in [-0.05, 0) is 25.1 Å². The van der Waals surface area contributed by atoms with E-state index in [9.17, 15) is 30.0 Å². The van der Waals surface area contributed by atoms with E-state index >= 15 is 0 Å². The lowest BCUT2D eigenvalue weighted by molar-refractivity contribution is 0.0170. The first-order valence-electron chi connectivity index (χ1n) is 6.30. The molecule has 0 bridgehead atoms. The molecule has 0 spiro atoms. The maximum Gasteiger partial charge on any atom is 0.273 e. The van der Waals surface area contributed by atoms with Gasteiger partial charge in [-0.25, -0.2) is 34.7 Å². The Balaban J connectivity index is 3.00. The van der Waals surface area contributed by atoms with Crippen LogP contribution in [0.15, 0.2) is 23.1 Å². The zero-order valence-electron chi connectivity index (χ0n) is 12.0. The molecule has 0 saturated heterocycles. The Labute approximate surface area is 132 Å². The molecule has 0 atom stereocenters. The van der Waals surface area contributed by atoms with Gasteiger partial charge in [0.1, 0.15) is 5.82 Å². The Morgan fingerprint density at radius 3 is 2.30 bits per heavy atom. The highest BCUT2D eigenvalue weighted by molar-refractivity contribution is 7.92. The van der Waals surface area contributed by atoms with Gasteiger partial charge in [-0.1, -0.05) is 0 Å². The van der Waals surface area contributed by atoms with Gasteiger partial charge in [-0.15, -0.1) is 0 Å². The van der Waals surface area contributed by atoms with E-state index in [0.29, 0.717) is 6.07 Å². The molecule has 0 fully saturated rings. The molecular weight excluding hydrogens is 359 g/mol. The number of hydrogen-bond acceptors (Lipinski definition) is 5. The largest absolute Gasteiger partial charge is 0.325 e. The third kappa shape index (κ3) is 5.64. The maximum atomic E-state index is 13.8. The van der Waals surface area contributed by atoms with Gasteiger partial charge in [0.05, 0.1) is 29.4 Å². The summed E-state index contributed by atoms with van der Waals surface area (Å²) in [5, 5.41) is 0. The summed E-state index contributed by atoms with van der Waals surface area (Å²) in [6.07, 6.45) is 0. The smallest absolute Gasteiger partial charge is 0.273 e. The normalized spacial score (nSPS) is 13.1. The van der Waals surface area contributed by atoms with Crippen LogP contribution in [0.4, 0.5) is 18.9 Å². The van der Waals surface area contributed by atoms with Crippen LogP contribution in [0.3, 0.4) is 0 Å². The van der Waals surface area contributed by atoms with Crippen LogP contribution >= 0.6 is 0 Å². The van der Waals surface area contributed by atoms with Crippen molar-refractivity contribution in [3.05, 3.63) is 24.0 Å². The zero-order valence-corrected chi connectivity index (χ0v) is 13.6. The topological polar surface area (TPSA) is 118 Å². The summed E-state index contributed by atoms with van der Waals surface area (Å²) in [5.41, 5.74) is 4.33. The van der Waals surface area contributed by atoms with Crippen LogP contribution in [0.1, 0.15) is 6.92 Å². The van der Waals surface area contributed by atoms with Gasteiger partial charge < -0.3 is 5.73 Å². The summed E-state index contributed by atoms with van der Waals surface area (Å²) in [6.45, 7) is -0.958. The third-order valence-electron chi connectivity index (χ3n) is 2.72. The minimum atomic E-state index is -4.39. The van der Waals surface area contributed by atoms with Crippen molar-refractivity contribution < 1.29 is 30.0 Å². The molecule has 132 valence electrons. The van der Waals surface area contributed by atoms with Gasteiger partial charge in [0, 0.05) is 0 Å². The average molecular weight is 375 g/mol. The van der Waals surface area contributed by atoms with E-state index in [2.05, 4.69) is 0 Å². The molecule has 0 heterocycles. The molecule has 23 heavy (non-hydrogen) atoms. The van der Waals surface area contributed by atoms with Crippen molar-refractivity contribution in [2.75, 3.05) is 23.6 Å². The van der Waals surface area contributed by atoms with E-state index in [4.69, 9.17) is 5.73 Å². The third-order valence-corrected chi connectivity index (χ3v) is 5.41. The Kier molecular flexibility index (Phi) is 6.01. The molecule has 0 aromatic heterocycles. The van der Waals surface area contributed by atoms with Crippen LogP contribution in [0, 0.1) is 5.82 Å². The van der Waals surface area contributed by atoms with Crippen LogP contribution in [-0.2, 0) is 20.0 Å². The van der Waals surface area contributed by atoms with Gasteiger partial charge in [-0.3, -0.25) is 4.72 Å². The highest BCUT2D eigenvalue weighted by Gasteiger charge is 2.29. The molecule has 0 radical (unpaired) electrons. The van der Waals surface area contributed by atoms with E-state index in [1.165, 1.54) is 6.92 Å². The first-order valence-corrected chi connectivity index (χ1v) is 9.43. The molecule has 0 aliphatic heterocycles. The Morgan fingerprint density at radius 2 is 1.83 bits per heavy atom. The van der Waals surface area contributed by atoms with E-state index < -0.39 is 55.5 Å². The number of benzene rings is 1. The quantitative estimate of drug-likeness (QED) is 0.610. The molecule has 0 amide bonds.